The van der Waals surface area contributed by atoms with Crippen LogP contribution in [0.15, 0.2) is 18.2 Å². The molecule has 0 fully saturated rings. The van der Waals surface area contributed by atoms with Gasteiger partial charge in [0.25, 0.3) is 5.91 Å². The van der Waals surface area contributed by atoms with Crippen LogP contribution in [0, 0.1) is 5.82 Å². The molecule has 1 rings (SSSR count). The van der Waals surface area contributed by atoms with Gasteiger partial charge < -0.3 is 5.32 Å². The Labute approximate surface area is 110 Å². The van der Waals surface area contributed by atoms with Gasteiger partial charge >= 0.3 is 0 Å². The van der Waals surface area contributed by atoms with Crippen molar-refractivity contribution in [2.24, 2.45) is 0 Å². The van der Waals surface area contributed by atoms with Crippen LogP contribution in [-0.4, -0.2) is 17.3 Å². The molecule has 0 aliphatic carbocycles. The minimum atomic E-state index is -0.701. The fraction of sp³-hybridized carbons (Fsp3) is 0.417. The summed E-state index contributed by atoms with van der Waals surface area (Å²) in [5, 5.41) is 2.66. The topological polar surface area (TPSA) is 29.1 Å². The van der Waals surface area contributed by atoms with Gasteiger partial charge in [-0.2, -0.15) is 0 Å². The Balaban J connectivity index is 2.87. The predicted octanol–water partition coefficient (Wildman–Crippen LogP) is 3.62. The maximum atomic E-state index is 13.6. The molecule has 0 aliphatic rings. The van der Waals surface area contributed by atoms with Gasteiger partial charge in [0.1, 0.15) is 0 Å². The van der Waals surface area contributed by atoms with Crippen LogP contribution in [0.2, 0.25) is 5.02 Å². The molecule has 0 saturated heterocycles. The molecule has 1 aromatic rings. The molecule has 0 saturated carbocycles. The minimum absolute atomic E-state index is 0.0554. The summed E-state index contributed by atoms with van der Waals surface area (Å²) < 4.78 is 13.6. The van der Waals surface area contributed by atoms with Crippen molar-refractivity contribution in [1.29, 1.82) is 0 Å². The van der Waals surface area contributed by atoms with Gasteiger partial charge in [0.15, 0.2) is 5.82 Å². The highest BCUT2D eigenvalue weighted by molar-refractivity contribution is 6.31. The minimum Gasteiger partial charge on any atom is -0.347 e. The molecule has 17 heavy (non-hydrogen) atoms. The molecule has 1 aromatic carbocycles. The largest absolute Gasteiger partial charge is 0.347 e. The van der Waals surface area contributed by atoms with E-state index in [0.717, 1.165) is 0 Å². The summed E-state index contributed by atoms with van der Waals surface area (Å²) >= 11 is 11.2. The second kappa shape index (κ2) is 5.69. The van der Waals surface area contributed by atoms with Crippen LogP contribution in [0.3, 0.4) is 0 Å². The summed E-state index contributed by atoms with van der Waals surface area (Å²) in [6.45, 7) is 3.66. The van der Waals surface area contributed by atoms with Crippen LogP contribution >= 0.6 is 23.2 Å². The summed E-state index contributed by atoms with van der Waals surface area (Å²) in [7, 11) is 0. The lowest BCUT2D eigenvalue weighted by Crippen LogP contribution is -2.44. The molecular formula is C12H14Cl2FNO. The number of rotatable bonds is 4. The Morgan fingerprint density at radius 1 is 1.47 bits per heavy atom. The SMILES string of the molecule is CC(C)(CCCl)NC(=O)c1cccc(Cl)c1F. The highest BCUT2D eigenvalue weighted by atomic mass is 35.5. The first-order chi connectivity index (χ1) is 7.87. The Bertz CT molecular complexity index is 421. The highest BCUT2D eigenvalue weighted by Crippen LogP contribution is 2.19. The zero-order valence-corrected chi connectivity index (χ0v) is 11.2. The molecule has 0 aliphatic heterocycles. The van der Waals surface area contributed by atoms with Gasteiger partial charge in [-0.3, -0.25) is 4.79 Å². The molecule has 1 amide bonds. The molecule has 0 heterocycles. The number of carbonyl (C=O) groups is 1. The van der Waals surface area contributed by atoms with Crippen LogP contribution in [0.5, 0.6) is 0 Å². The molecule has 0 unspecified atom stereocenters. The molecular weight excluding hydrogens is 264 g/mol. The Kier molecular flexibility index (Phi) is 4.78. The molecule has 0 atom stereocenters. The number of alkyl halides is 1. The number of hydrogen-bond acceptors (Lipinski definition) is 1. The van der Waals surface area contributed by atoms with E-state index in [9.17, 15) is 9.18 Å². The van der Waals surface area contributed by atoms with Crippen molar-refractivity contribution in [3.63, 3.8) is 0 Å². The van der Waals surface area contributed by atoms with Crippen molar-refractivity contribution in [2.45, 2.75) is 25.8 Å². The van der Waals surface area contributed by atoms with Gasteiger partial charge in [-0.1, -0.05) is 17.7 Å². The van der Waals surface area contributed by atoms with Crippen LogP contribution in [0.1, 0.15) is 30.6 Å². The first-order valence-electron chi connectivity index (χ1n) is 5.20. The fourth-order valence-electron chi connectivity index (χ4n) is 1.35. The maximum Gasteiger partial charge on any atom is 0.254 e. The van der Waals surface area contributed by atoms with E-state index >= 15 is 0 Å². The van der Waals surface area contributed by atoms with E-state index in [2.05, 4.69) is 5.32 Å². The second-order valence-corrected chi connectivity index (χ2v) is 5.16. The normalized spacial score (nSPS) is 11.4. The highest BCUT2D eigenvalue weighted by Gasteiger charge is 2.22. The van der Waals surface area contributed by atoms with Gasteiger partial charge in [-0.05, 0) is 32.4 Å². The third-order valence-electron chi connectivity index (χ3n) is 2.37. The molecule has 1 N–H and O–H groups in total. The third-order valence-corrected chi connectivity index (χ3v) is 2.85. The predicted molar refractivity (Wildman–Crippen MR) is 68.3 cm³/mol. The number of amides is 1. The van der Waals surface area contributed by atoms with E-state index in [0.29, 0.717) is 12.3 Å². The number of carbonyl (C=O) groups excluding carboxylic acids is 1. The molecule has 94 valence electrons. The molecule has 2 nitrogen and oxygen atoms in total. The molecule has 5 heteroatoms. The van der Waals surface area contributed by atoms with Crippen LogP contribution in [-0.2, 0) is 0 Å². The van der Waals surface area contributed by atoms with Crippen molar-refractivity contribution < 1.29 is 9.18 Å². The summed E-state index contributed by atoms with van der Waals surface area (Å²) in [6.07, 6.45) is 0.600. The van der Waals surface area contributed by atoms with Crippen molar-refractivity contribution in [2.75, 3.05) is 5.88 Å². The lowest BCUT2D eigenvalue weighted by Gasteiger charge is -2.25. The smallest absolute Gasteiger partial charge is 0.254 e. The van der Waals surface area contributed by atoms with Crippen molar-refractivity contribution in [1.82, 2.24) is 5.32 Å². The van der Waals surface area contributed by atoms with Crippen molar-refractivity contribution >= 4 is 29.1 Å². The Hall–Kier alpha value is -0.800. The summed E-state index contributed by atoms with van der Waals surface area (Å²) in [6, 6.07) is 4.33. The summed E-state index contributed by atoms with van der Waals surface area (Å²) in [5.74, 6) is -0.765. The Morgan fingerprint density at radius 2 is 2.12 bits per heavy atom. The first-order valence-corrected chi connectivity index (χ1v) is 6.11. The van der Waals surface area contributed by atoms with E-state index < -0.39 is 17.3 Å². The number of nitrogens with one attached hydrogen (secondary N) is 1. The quantitative estimate of drug-likeness (QED) is 0.837. The van der Waals surface area contributed by atoms with Gasteiger partial charge in [0.05, 0.1) is 10.6 Å². The van der Waals surface area contributed by atoms with Crippen LogP contribution in [0.4, 0.5) is 4.39 Å². The monoisotopic (exact) mass is 277 g/mol. The van der Waals surface area contributed by atoms with E-state index in [-0.39, 0.29) is 10.6 Å². The number of benzene rings is 1. The zero-order valence-electron chi connectivity index (χ0n) is 9.69. The van der Waals surface area contributed by atoms with Crippen molar-refractivity contribution in [3.8, 4) is 0 Å². The van der Waals surface area contributed by atoms with E-state index in [1.165, 1.54) is 18.2 Å². The summed E-state index contributed by atoms with van der Waals surface area (Å²) in [5.41, 5.74) is -0.534. The Morgan fingerprint density at radius 3 is 2.71 bits per heavy atom. The van der Waals surface area contributed by atoms with Crippen molar-refractivity contribution in [3.05, 3.63) is 34.6 Å². The third kappa shape index (κ3) is 3.86. The second-order valence-electron chi connectivity index (χ2n) is 4.38. The number of halogens is 3. The molecule has 0 spiro atoms. The van der Waals surface area contributed by atoms with Gasteiger partial charge in [0, 0.05) is 11.4 Å². The summed E-state index contributed by atoms with van der Waals surface area (Å²) in [4.78, 5) is 11.9. The van der Waals surface area contributed by atoms with E-state index in [1.807, 2.05) is 13.8 Å². The van der Waals surface area contributed by atoms with E-state index in [1.54, 1.807) is 0 Å². The lowest BCUT2D eigenvalue weighted by atomic mass is 10.0. The number of hydrogen-bond donors (Lipinski definition) is 1. The first kappa shape index (κ1) is 14.3. The lowest BCUT2D eigenvalue weighted by molar-refractivity contribution is 0.0907. The fourth-order valence-corrected chi connectivity index (χ4v) is 2.00. The molecule has 0 radical (unpaired) electrons. The average molecular weight is 278 g/mol. The van der Waals surface area contributed by atoms with Gasteiger partial charge in [-0.15, -0.1) is 11.6 Å². The zero-order chi connectivity index (χ0) is 13.1. The average Bonchev–Trinajstić information content (AvgIpc) is 2.21. The molecule has 0 aromatic heterocycles. The molecule has 0 bridgehead atoms. The maximum absolute atomic E-state index is 13.6. The van der Waals surface area contributed by atoms with E-state index in [4.69, 9.17) is 23.2 Å². The van der Waals surface area contributed by atoms with Gasteiger partial charge in [0.2, 0.25) is 0 Å². The standard InChI is InChI=1S/C12H14Cl2FNO/c1-12(2,6-7-13)16-11(17)8-4-3-5-9(14)10(8)15/h3-5H,6-7H2,1-2H3,(H,16,17). The van der Waals surface area contributed by atoms with Gasteiger partial charge in [-0.25, -0.2) is 4.39 Å². The van der Waals surface area contributed by atoms with Crippen LogP contribution in [0.25, 0.3) is 0 Å². The van der Waals surface area contributed by atoms with Crippen LogP contribution < -0.4 is 5.32 Å².